The lowest BCUT2D eigenvalue weighted by Gasteiger charge is -2.33. The number of benzene rings is 2. The quantitative estimate of drug-likeness (QED) is 0.340. The maximum Gasteiger partial charge on any atom is 0.416 e. The van der Waals surface area contributed by atoms with Gasteiger partial charge in [0, 0.05) is 37.2 Å². The highest BCUT2D eigenvalue weighted by atomic mass is 35.5. The first kappa shape index (κ1) is 28.7. The first-order valence-corrected chi connectivity index (χ1v) is 14.1. The Hall–Kier alpha value is -2.86. The molecule has 0 spiro atoms. The third kappa shape index (κ3) is 6.22. The van der Waals surface area contributed by atoms with Crippen molar-refractivity contribution in [1.82, 2.24) is 20.0 Å². The fourth-order valence-electron chi connectivity index (χ4n) is 5.26. The second-order valence-electron chi connectivity index (χ2n) is 9.94. The zero-order valence-electron chi connectivity index (χ0n) is 22.0. The molecular formula is C28H29ClF3N5O2S. The van der Waals surface area contributed by atoms with E-state index in [1.807, 2.05) is 19.2 Å². The van der Waals surface area contributed by atoms with Crippen LogP contribution in [0.5, 0.6) is 0 Å². The fourth-order valence-corrected chi connectivity index (χ4v) is 6.37. The zero-order valence-corrected chi connectivity index (χ0v) is 23.6. The maximum atomic E-state index is 13.6. The van der Waals surface area contributed by atoms with Crippen molar-refractivity contribution in [2.24, 2.45) is 10.9 Å². The van der Waals surface area contributed by atoms with E-state index in [0.717, 1.165) is 42.9 Å². The molecule has 2 aromatic carbocycles. The van der Waals surface area contributed by atoms with Crippen molar-refractivity contribution < 1.29 is 22.7 Å². The zero-order chi connectivity index (χ0) is 28.4. The summed E-state index contributed by atoms with van der Waals surface area (Å²) in [5, 5.41) is 9.17. The van der Waals surface area contributed by atoms with Crippen LogP contribution in [0.1, 0.15) is 29.5 Å². The number of fused-ring (bicyclic) bond motifs is 1. The number of amides is 1. The van der Waals surface area contributed by atoms with E-state index in [9.17, 15) is 18.0 Å². The van der Waals surface area contributed by atoms with E-state index in [0.29, 0.717) is 28.1 Å². The number of methoxy groups -OCH3 is 1. The van der Waals surface area contributed by atoms with Gasteiger partial charge in [0.2, 0.25) is 0 Å². The number of nitrogens with zero attached hydrogens (tertiary/aromatic N) is 4. The topological polar surface area (TPSA) is 71.8 Å². The minimum Gasteiger partial charge on any atom is -0.385 e. The summed E-state index contributed by atoms with van der Waals surface area (Å²) >= 11 is 7.16. The van der Waals surface area contributed by atoms with Gasteiger partial charge in [0.05, 0.1) is 28.7 Å². The summed E-state index contributed by atoms with van der Waals surface area (Å²) in [6, 6.07) is 9.43. The summed E-state index contributed by atoms with van der Waals surface area (Å²) in [7, 11) is 3.67. The van der Waals surface area contributed by atoms with Gasteiger partial charge in [0.25, 0.3) is 5.91 Å². The Bertz CT molecular complexity index is 1470. The number of amidine groups is 1. The van der Waals surface area contributed by atoms with Gasteiger partial charge in [0.15, 0.2) is 5.17 Å². The summed E-state index contributed by atoms with van der Waals surface area (Å²) < 4.78 is 47.5. The van der Waals surface area contributed by atoms with Gasteiger partial charge in [-0.25, -0.2) is 0 Å². The smallest absolute Gasteiger partial charge is 0.385 e. The van der Waals surface area contributed by atoms with Gasteiger partial charge in [0.1, 0.15) is 0 Å². The Balaban J connectivity index is 1.33. The molecule has 0 saturated carbocycles. The van der Waals surface area contributed by atoms with Crippen LogP contribution in [0.25, 0.3) is 17.0 Å². The van der Waals surface area contributed by atoms with Gasteiger partial charge in [-0.05, 0) is 85.1 Å². The molecular weight excluding hydrogens is 563 g/mol. The average molecular weight is 592 g/mol. The lowest BCUT2D eigenvalue weighted by molar-refractivity contribution is -0.138. The van der Waals surface area contributed by atoms with Gasteiger partial charge in [-0.15, -0.1) is 0 Å². The molecule has 2 atom stereocenters. The molecule has 40 heavy (non-hydrogen) atoms. The van der Waals surface area contributed by atoms with E-state index in [-0.39, 0.29) is 29.1 Å². The fraction of sp³-hybridized carbons (Fsp3) is 0.393. The van der Waals surface area contributed by atoms with Crippen LogP contribution in [-0.4, -0.2) is 65.7 Å². The molecule has 12 heteroatoms. The standard InChI is InChI=1S/C28H29ClF3N5O2S/c1-36(23(8-10-39-2)18-7-9-33-14-18)27-35-26(38)25(40-27)12-17-3-6-24-20(11-17)15-34-37(24)16-19-4-5-21(29)13-22(19)28(30,31)32/h3-6,11-13,15,18,23,33H,7-10,14,16H2,1-2H3. The van der Waals surface area contributed by atoms with Crippen molar-refractivity contribution in [3.63, 3.8) is 0 Å². The SMILES string of the molecule is COCCC(C1CCNC1)N(C)C1=NC(=O)C(=Cc2ccc3c(cnn3Cc3ccc(Cl)cc3C(F)(F)F)c2)S1. The number of alkyl halides is 3. The Morgan fingerprint density at radius 1 is 1.30 bits per heavy atom. The molecule has 1 saturated heterocycles. The van der Waals surface area contributed by atoms with E-state index in [4.69, 9.17) is 16.3 Å². The number of carbonyl (C=O) groups is 1. The number of halogens is 4. The minimum absolute atomic E-state index is 0.0257. The molecule has 0 aliphatic carbocycles. The van der Waals surface area contributed by atoms with Crippen molar-refractivity contribution in [3.8, 4) is 0 Å². The van der Waals surface area contributed by atoms with Crippen LogP contribution in [0, 0.1) is 5.92 Å². The van der Waals surface area contributed by atoms with E-state index in [2.05, 4.69) is 20.3 Å². The van der Waals surface area contributed by atoms with Crippen LogP contribution >= 0.6 is 23.4 Å². The van der Waals surface area contributed by atoms with Gasteiger partial charge in [-0.1, -0.05) is 23.7 Å². The van der Waals surface area contributed by atoms with Crippen LogP contribution < -0.4 is 5.32 Å². The number of thioether (sulfide) groups is 1. The molecule has 2 aliphatic heterocycles. The third-order valence-corrected chi connectivity index (χ3v) is 8.64. The summed E-state index contributed by atoms with van der Waals surface area (Å²) in [6.45, 7) is 2.47. The molecule has 5 rings (SSSR count). The largest absolute Gasteiger partial charge is 0.416 e. The number of aromatic nitrogens is 2. The number of hydrogen-bond donors (Lipinski definition) is 1. The van der Waals surface area contributed by atoms with E-state index >= 15 is 0 Å². The second kappa shape index (κ2) is 11.9. The first-order valence-electron chi connectivity index (χ1n) is 12.9. The lowest BCUT2D eigenvalue weighted by atomic mass is 9.95. The van der Waals surface area contributed by atoms with Crippen LogP contribution in [0.15, 0.2) is 52.5 Å². The molecule has 3 aromatic rings. The first-order chi connectivity index (χ1) is 19.1. The van der Waals surface area contributed by atoms with E-state index in [1.165, 1.54) is 28.6 Å². The van der Waals surface area contributed by atoms with Crippen LogP contribution in [0.3, 0.4) is 0 Å². The monoisotopic (exact) mass is 591 g/mol. The molecule has 0 radical (unpaired) electrons. The highest BCUT2D eigenvalue weighted by Gasteiger charge is 2.34. The van der Waals surface area contributed by atoms with Gasteiger partial charge >= 0.3 is 6.18 Å². The van der Waals surface area contributed by atoms with Crippen molar-refractivity contribution >= 4 is 51.4 Å². The number of nitrogens with one attached hydrogen (secondary N) is 1. The van der Waals surface area contributed by atoms with Crippen LogP contribution in [0.2, 0.25) is 5.02 Å². The lowest BCUT2D eigenvalue weighted by Crippen LogP contribution is -2.42. The van der Waals surface area contributed by atoms with Crippen LogP contribution in [0.4, 0.5) is 13.2 Å². The Labute approximate surface area is 239 Å². The van der Waals surface area contributed by atoms with Crippen molar-refractivity contribution in [2.75, 3.05) is 33.9 Å². The maximum absolute atomic E-state index is 13.6. The molecule has 0 bridgehead atoms. The van der Waals surface area contributed by atoms with Crippen molar-refractivity contribution in [3.05, 3.63) is 69.2 Å². The number of ether oxygens (including phenoxy) is 1. The minimum atomic E-state index is -4.53. The predicted octanol–water partition coefficient (Wildman–Crippen LogP) is 5.67. The summed E-state index contributed by atoms with van der Waals surface area (Å²) in [4.78, 5) is 19.7. The third-order valence-electron chi connectivity index (χ3n) is 7.33. The summed E-state index contributed by atoms with van der Waals surface area (Å²) in [6.07, 6.45) is 0.775. The van der Waals surface area contributed by atoms with Gasteiger partial charge in [-0.3, -0.25) is 9.48 Å². The molecule has 1 aromatic heterocycles. The molecule has 1 amide bonds. The number of rotatable bonds is 8. The molecule has 7 nitrogen and oxygen atoms in total. The summed E-state index contributed by atoms with van der Waals surface area (Å²) in [5.41, 5.74) is 0.752. The highest BCUT2D eigenvalue weighted by Crippen LogP contribution is 2.35. The number of hydrogen-bond acceptors (Lipinski definition) is 6. The Morgan fingerprint density at radius 3 is 2.85 bits per heavy atom. The van der Waals surface area contributed by atoms with Gasteiger partial charge < -0.3 is 15.0 Å². The molecule has 2 unspecified atom stereocenters. The Kier molecular flexibility index (Phi) is 8.55. The average Bonchev–Trinajstić information content (AvgIpc) is 3.66. The highest BCUT2D eigenvalue weighted by molar-refractivity contribution is 8.18. The second-order valence-corrected chi connectivity index (χ2v) is 11.4. The van der Waals surface area contributed by atoms with Gasteiger partial charge in [-0.2, -0.15) is 23.3 Å². The normalized spacial score (nSPS) is 19.6. The Morgan fingerprint density at radius 2 is 2.12 bits per heavy atom. The predicted molar refractivity (Wildman–Crippen MR) is 152 cm³/mol. The van der Waals surface area contributed by atoms with Crippen LogP contribution in [-0.2, 0) is 22.3 Å². The molecule has 2 aliphatic rings. The summed E-state index contributed by atoms with van der Waals surface area (Å²) in [5.74, 6) is 0.158. The van der Waals surface area contributed by atoms with Crippen molar-refractivity contribution in [2.45, 2.75) is 31.6 Å². The molecule has 212 valence electrons. The molecule has 3 heterocycles. The molecule has 1 fully saturated rings. The van der Waals surface area contributed by atoms with Crippen molar-refractivity contribution in [1.29, 1.82) is 0 Å². The number of aliphatic imine (C=N–C) groups is 1. The van der Waals surface area contributed by atoms with E-state index in [1.54, 1.807) is 25.4 Å². The molecule has 1 N–H and O–H groups in total. The van der Waals surface area contributed by atoms with E-state index < -0.39 is 11.7 Å². The number of carbonyl (C=O) groups excluding carboxylic acids is 1.